The van der Waals surface area contributed by atoms with Crippen molar-refractivity contribution in [2.24, 2.45) is 5.11 Å². The van der Waals surface area contributed by atoms with Crippen molar-refractivity contribution >= 4 is 17.5 Å². The Labute approximate surface area is 170 Å². The van der Waals surface area contributed by atoms with Gasteiger partial charge < -0.3 is 10.2 Å². The van der Waals surface area contributed by atoms with Gasteiger partial charge in [0.2, 0.25) is 11.8 Å². The summed E-state index contributed by atoms with van der Waals surface area (Å²) in [6, 6.07) is 16.5. The zero-order chi connectivity index (χ0) is 21.0. The average Bonchev–Trinajstić information content (AvgIpc) is 2.78. The second-order valence-electron chi connectivity index (χ2n) is 8.20. The van der Waals surface area contributed by atoms with Gasteiger partial charge in [-0.3, -0.25) is 9.59 Å². The number of hydrogen-bond acceptors (Lipinski definition) is 3. The van der Waals surface area contributed by atoms with Crippen LogP contribution in [0.3, 0.4) is 0 Å². The van der Waals surface area contributed by atoms with Gasteiger partial charge in [-0.15, -0.1) is 0 Å². The molecule has 1 aliphatic heterocycles. The number of benzene rings is 2. The summed E-state index contributed by atoms with van der Waals surface area (Å²) in [7, 11) is 0. The van der Waals surface area contributed by atoms with E-state index in [1.165, 1.54) is 4.90 Å². The van der Waals surface area contributed by atoms with Crippen LogP contribution in [0, 0.1) is 0 Å². The molecule has 2 aromatic carbocycles. The van der Waals surface area contributed by atoms with Gasteiger partial charge in [0.05, 0.1) is 0 Å². The number of amides is 2. The normalized spacial score (nSPS) is 19.0. The molecule has 3 rings (SSSR count). The van der Waals surface area contributed by atoms with Crippen molar-refractivity contribution < 1.29 is 9.59 Å². The summed E-state index contributed by atoms with van der Waals surface area (Å²) in [4.78, 5) is 30.2. The highest BCUT2D eigenvalue weighted by molar-refractivity contribution is 6.03. The fourth-order valence-electron chi connectivity index (χ4n) is 3.70. The lowest BCUT2D eigenvalue weighted by atomic mass is 9.86. The Morgan fingerprint density at radius 3 is 2.48 bits per heavy atom. The summed E-state index contributed by atoms with van der Waals surface area (Å²) in [5.74, 6) is -0.751. The van der Waals surface area contributed by atoms with Crippen molar-refractivity contribution in [1.82, 2.24) is 5.32 Å². The van der Waals surface area contributed by atoms with E-state index in [4.69, 9.17) is 5.53 Å². The summed E-state index contributed by atoms with van der Waals surface area (Å²) in [5.41, 5.74) is 11.3. The monoisotopic (exact) mass is 391 g/mol. The average molecular weight is 391 g/mol. The Kier molecular flexibility index (Phi) is 5.89. The highest BCUT2D eigenvalue weighted by Gasteiger charge is 2.36. The van der Waals surface area contributed by atoms with Crippen LogP contribution in [0.1, 0.15) is 44.2 Å². The van der Waals surface area contributed by atoms with Crippen molar-refractivity contribution in [2.45, 2.75) is 44.7 Å². The number of azide groups is 1. The van der Waals surface area contributed by atoms with Crippen LogP contribution in [-0.2, 0) is 9.59 Å². The molecule has 29 heavy (non-hydrogen) atoms. The van der Waals surface area contributed by atoms with Crippen LogP contribution in [0.5, 0.6) is 0 Å². The van der Waals surface area contributed by atoms with E-state index in [9.17, 15) is 9.59 Å². The van der Waals surface area contributed by atoms with Crippen molar-refractivity contribution in [3.63, 3.8) is 0 Å². The van der Waals surface area contributed by atoms with Crippen LogP contribution < -0.4 is 10.2 Å². The lowest BCUT2D eigenvalue weighted by molar-refractivity contribution is -0.125. The van der Waals surface area contributed by atoms with Crippen LogP contribution in [0.2, 0.25) is 0 Å². The van der Waals surface area contributed by atoms with E-state index in [0.717, 1.165) is 11.1 Å². The fraction of sp³-hybridized carbons (Fsp3) is 0.364. The highest BCUT2D eigenvalue weighted by atomic mass is 16.2. The molecule has 0 spiro atoms. The Morgan fingerprint density at radius 2 is 1.83 bits per heavy atom. The van der Waals surface area contributed by atoms with Crippen molar-refractivity contribution in [3.8, 4) is 0 Å². The van der Waals surface area contributed by atoms with Gasteiger partial charge in [-0.2, -0.15) is 0 Å². The Balaban J connectivity index is 2.07. The standard InChI is InChI=1S/C22H25N5O2/c1-22(2,3)24-20(28)14-27-19-12-8-7-11-16(19)17(15-9-5-4-6-10-15)13-18(21(27)29)25-26-23/h4-12,17-18H,13-14H2,1-3H3,(H,24,28). The summed E-state index contributed by atoms with van der Waals surface area (Å²) in [6.45, 7) is 5.53. The third kappa shape index (κ3) is 4.76. The van der Waals surface area contributed by atoms with Crippen LogP contribution in [0.4, 0.5) is 5.69 Å². The molecule has 150 valence electrons. The zero-order valence-corrected chi connectivity index (χ0v) is 16.9. The lowest BCUT2D eigenvalue weighted by Crippen LogP contribution is -2.49. The molecule has 1 N–H and O–H groups in total. The number of rotatable bonds is 4. The van der Waals surface area contributed by atoms with Gasteiger partial charge in [0.15, 0.2) is 0 Å². The third-order valence-corrected chi connectivity index (χ3v) is 4.82. The molecular formula is C22H25N5O2. The first kappa shape index (κ1) is 20.4. The predicted molar refractivity (Wildman–Crippen MR) is 113 cm³/mol. The molecule has 0 fully saturated rings. The molecule has 7 nitrogen and oxygen atoms in total. The van der Waals surface area contributed by atoms with E-state index in [0.29, 0.717) is 12.1 Å². The first-order valence-electron chi connectivity index (χ1n) is 9.60. The van der Waals surface area contributed by atoms with E-state index in [1.807, 2.05) is 75.4 Å². The third-order valence-electron chi connectivity index (χ3n) is 4.82. The molecular weight excluding hydrogens is 366 g/mol. The van der Waals surface area contributed by atoms with E-state index in [-0.39, 0.29) is 24.3 Å². The van der Waals surface area contributed by atoms with Gasteiger partial charge in [0.1, 0.15) is 12.6 Å². The molecule has 7 heteroatoms. The Hall–Kier alpha value is -3.31. The molecule has 2 atom stereocenters. The number of anilines is 1. The van der Waals surface area contributed by atoms with E-state index in [2.05, 4.69) is 15.3 Å². The van der Waals surface area contributed by atoms with Crippen LogP contribution >= 0.6 is 0 Å². The van der Waals surface area contributed by atoms with Gasteiger partial charge in [-0.05, 0) is 49.9 Å². The topological polar surface area (TPSA) is 98.2 Å². The summed E-state index contributed by atoms with van der Waals surface area (Å²) in [6.07, 6.45) is 0.349. The summed E-state index contributed by atoms with van der Waals surface area (Å²) in [5, 5.41) is 6.66. The van der Waals surface area contributed by atoms with Crippen molar-refractivity contribution in [1.29, 1.82) is 0 Å². The van der Waals surface area contributed by atoms with Gasteiger partial charge in [0, 0.05) is 22.1 Å². The first-order valence-corrected chi connectivity index (χ1v) is 9.60. The fourth-order valence-corrected chi connectivity index (χ4v) is 3.70. The van der Waals surface area contributed by atoms with Crippen LogP contribution in [-0.4, -0.2) is 29.9 Å². The molecule has 0 bridgehead atoms. The molecule has 1 aliphatic rings. The quantitative estimate of drug-likeness (QED) is 0.481. The summed E-state index contributed by atoms with van der Waals surface area (Å²) < 4.78 is 0. The minimum absolute atomic E-state index is 0.123. The largest absolute Gasteiger partial charge is 0.350 e. The molecule has 1 heterocycles. The Bertz CT molecular complexity index is 945. The number of hydrogen-bond donors (Lipinski definition) is 1. The molecule has 0 radical (unpaired) electrons. The second-order valence-corrected chi connectivity index (χ2v) is 8.20. The van der Waals surface area contributed by atoms with Gasteiger partial charge in [-0.1, -0.05) is 53.6 Å². The van der Waals surface area contributed by atoms with Gasteiger partial charge in [-0.25, -0.2) is 0 Å². The SMILES string of the molecule is CC(C)(C)NC(=O)CN1C(=O)C(N=[N+]=[N-])CC(c2ccccc2)c2ccccc21. The maximum atomic E-state index is 13.3. The number of para-hydroxylation sites is 1. The molecule has 2 unspecified atom stereocenters. The molecule has 2 amide bonds. The van der Waals surface area contributed by atoms with Crippen molar-refractivity contribution in [2.75, 3.05) is 11.4 Å². The number of fused-ring (bicyclic) bond motifs is 1. The minimum atomic E-state index is -0.889. The molecule has 0 saturated carbocycles. The highest BCUT2D eigenvalue weighted by Crippen LogP contribution is 2.39. The molecule has 0 saturated heterocycles. The predicted octanol–water partition coefficient (Wildman–Crippen LogP) is 4.15. The first-order chi connectivity index (χ1) is 13.8. The lowest BCUT2D eigenvalue weighted by Gasteiger charge is -2.27. The molecule has 2 aromatic rings. The Morgan fingerprint density at radius 1 is 1.17 bits per heavy atom. The number of nitrogens with one attached hydrogen (secondary N) is 1. The molecule has 0 aliphatic carbocycles. The molecule has 0 aromatic heterocycles. The number of carbonyl (C=O) groups is 2. The van der Waals surface area contributed by atoms with Crippen molar-refractivity contribution in [3.05, 3.63) is 76.2 Å². The number of nitrogens with zero attached hydrogens (tertiary/aromatic N) is 4. The number of carbonyl (C=O) groups excluding carboxylic acids is 2. The van der Waals surface area contributed by atoms with Crippen LogP contribution in [0.25, 0.3) is 10.4 Å². The van der Waals surface area contributed by atoms with E-state index in [1.54, 1.807) is 0 Å². The van der Waals surface area contributed by atoms with Gasteiger partial charge >= 0.3 is 0 Å². The van der Waals surface area contributed by atoms with Gasteiger partial charge in [0.25, 0.3) is 0 Å². The summed E-state index contributed by atoms with van der Waals surface area (Å²) >= 11 is 0. The zero-order valence-electron chi connectivity index (χ0n) is 16.9. The minimum Gasteiger partial charge on any atom is -0.350 e. The maximum Gasteiger partial charge on any atom is 0.240 e. The smallest absolute Gasteiger partial charge is 0.240 e. The second kappa shape index (κ2) is 8.37. The maximum absolute atomic E-state index is 13.3. The van der Waals surface area contributed by atoms with Crippen LogP contribution in [0.15, 0.2) is 59.7 Å². The van der Waals surface area contributed by atoms with E-state index >= 15 is 0 Å². The van der Waals surface area contributed by atoms with E-state index < -0.39 is 11.6 Å².